The van der Waals surface area contributed by atoms with Crippen LogP contribution in [-0.4, -0.2) is 43.5 Å². The fourth-order valence-corrected chi connectivity index (χ4v) is 3.77. The molecule has 0 spiro atoms. The molecular formula is C20H34N4O2S2. The fraction of sp³-hybridized carbons (Fsp3) is 0.600. The molecule has 0 aromatic heterocycles. The molecule has 28 heavy (non-hydrogen) atoms. The molecule has 6 nitrogen and oxygen atoms in total. The van der Waals surface area contributed by atoms with E-state index in [-0.39, 0.29) is 16.4 Å². The molecule has 0 bridgehead atoms. The molecule has 0 aliphatic carbocycles. The Morgan fingerprint density at radius 3 is 2.29 bits per heavy atom. The minimum absolute atomic E-state index is 0.194. The average Bonchev–Trinajstić information content (AvgIpc) is 2.58. The smallest absolute Gasteiger partial charge is 0.264 e. The number of aliphatic imine (C=N–C) groups is 1. The van der Waals surface area contributed by atoms with Gasteiger partial charge in [-0.25, -0.2) is 13.1 Å². The summed E-state index contributed by atoms with van der Waals surface area (Å²) in [6.07, 6.45) is 4.24. The van der Waals surface area contributed by atoms with Gasteiger partial charge in [-0.15, -0.1) is 0 Å². The molecule has 0 amide bonds. The van der Waals surface area contributed by atoms with Gasteiger partial charge in [0.25, 0.3) is 10.0 Å². The second-order valence-electron chi connectivity index (χ2n) is 7.92. The van der Waals surface area contributed by atoms with Crippen LogP contribution in [0, 0.1) is 6.92 Å². The minimum Gasteiger partial charge on any atom is -0.358 e. The summed E-state index contributed by atoms with van der Waals surface area (Å²) in [5.74, 6) is 0.221. The molecule has 2 N–H and O–H groups in total. The minimum atomic E-state index is -3.76. The number of aryl methyl sites for hydroxylation is 1. The number of nitrogens with one attached hydrogen (secondary N) is 2. The number of nitrogens with zero attached hydrogens (tertiary/aromatic N) is 2. The molecule has 0 aliphatic heterocycles. The maximum Gasteiger partial charge on any atom is 0.264 e. The topological polar surface area (TPSA) is 73.8 Å². The van der Waals surface area contributed by atoms with Crippen LogP contribution in [0.25, 0.3) is 0 Å². The largest absolute Gasteiger partial charge is 0.358 e. The highest BCUT2D eigenvalue weighted by molar-refractivity contribution is 7.90. The zero-order valence-corrected chi connectivity index (χ0v) is 19.5. The van der Waals surface area contributed by atoms with Gasteiger partial charge in [0.1, 0.15) is 0 Å². The van der Waals surface area contributed by atoms with Gasteiger partial charge in [0, 0.05) is 19.1 Å². The standard InChI is InChI=1S/C20H34N4O2S2/c1-7-8-9-10-15-21-18(24(6)19(27)22-20(3,4)5)23-28(25,26)17-13-11-16(2)12-14-17/h11-14H,7-10,15H2,1-6H3,(H,21,23)(H,22,27). The zero-order valence-electron chi connectivity index (χ0n) is 17.9. The molecule has 0 fully saturated rings. The first kappa shape index (κ1) is 24.4. The Morgan fingerprint density at radius 2 is 1.75 bits per heavy atom. The van der Waals surface area contributed by atoms with E-state index in [4.69, 9.17) is 12.2 Å². The van der Waals surface area contributed by atoms with Gasteiger partial charge in [-0.1, -0.05) is 43.9 Å². The number of hydrogen-bond donors (Lipinski definition) is 2. The van der Waals surface area contributed by atoms with E-state index in [0.29, 0.717) is 11.7 Å². The van der Waals surface area contributed by atoms with Crippen LogP contribution >= 0.6 is 12.2 Å². The Kier molecular flexibility index (Phi) is 9.36. The van der Waals surface area contributed by atoms with E-state index < -0.39 is 10.0 Å². The molecule has 0 radical (unpaired) electrons. The lowest BCUT2D eigenvalue weighted by Gasteiger charge is -2.29. The fourth-order valence-electron chi connectivity index (χ4n) is 2.33. The molecule has 0 unspecified atom stereocenters. The second kappa shape index (κ2) is 10.8. The van der Waals surface area contributed by atoms with Gasteiger partial charge >= 0.3 is 0 Å². The van der Waals surface area contributed by atoms with Gasteiger partial charge in [0.2, 0.25) is 5.96 Å². The highest BCUT2D eigenvalue weighted by Gasteiger charge is 2.22. The predicted molar refractivity (Wildman–Crippen MR) is 121 cm³/mol. The third kappa shape index (κ3) is 8.56. The normalized spacial score (nSPS) is 12.6. The summed E-state index contributed by atoms with van der Waals surface area (Å²) >= 11 is 5.44. The molecule has 0 atom stereocenters. The molecule has 0 saturated heterocycles. The van der Waals surface area contributed by atoms with Crippen molar-refractivity contribution in [3.8, 4) is 0 Å². The van der Waals surface area contributed by atoms with Crippen molar-refractivity contribution in [2.45, 2.75) is 70.7 Å². The summed E-state index contributed by atoms with van der Waals surface area (Å²) in [6.45, 7) is 10.6. The lowest BCUT2D eigenvalue weighted by atomic mass is 10.1. The summed E-state index contributed by atoms with van der Waals surface area (Å²) < 4.78 is 28.2. The first-order valence-electron chi connectivity index (χ1n) is 9.66. The molecule has 1 rings (SSSR count). The third-order valence-electron chi connectivity index (χ3n) is 3.93. The number of sulfonamides is 1. The van der Waals surface area contributed by atoms with Crippen molar-refractivity contribution in [2.75, 3.05) is 13.6 Å². The Balaban J connectivity index is 3.03. The molecular weight excluding hydrogens is 392 g/mol. The molecule has 0 heterocycles. The lowest BCUT2D eigenvalue weighted by molar-refractivity contribution is 0.491. The number of unbranched alkanes of at least 4 members (excludes halogenated alkanes) is 3. The van der Waals surface area contributed by atoms with Crippen LogP contribution in [0.4, 0.5) is 0 Å². The molecule has 8 heteroatoms. The van der Waals surface area contributed by atoms with Crippen molar-refractivity contribution < 1.29 is 8.42 Å². The Hall–Kier alpha value is -1.67. The van der Waals surface area contributed by atoms with Gasteiger partial charge in [-0.3, -0.25) is 9.89 Å². The van der Waals surface area contributed by atoms with Gasteiger partial charge in [0.05, 0.1) is 4.90 Å². The van der Waals surface area contributed by atoms with Crippen molar-refractivity contribution in [3.05, 3.63) is 29.8 Å². The first-order chi connectivity index (χ1) is 13.0. The monoisotopic (exact) mass is 426 g/mol. The van der Waals surface area contributed by atoms with E-state index in [1.54, 1.807) is 36.2 Å². The van der Waals surface area contributed by atoms with E-state index in [2.05, 4.69) is 22.0 Å². The SMILES string of the molecule is CCCCCCN=C(NS(=O)(=O)c1ccc(C)cc1)N(C)C(=S)NC(C)(C)C. The first-order valence-corrected chi connectivity index (χ1v) is 11.5. The quantitative estimate of drug-likeness (QED) is 0.300. The lowest BCUT2D eigenvalue weighted by Crippen LogP contribution is -2.53. The highest BCUT2D eigenvalue weighted by Crippen LogP contribution is 2.11. The molecule has 158 valence electrons. The average molecular weight is 427 g/mol. The van der Waals surface area contributed by atoms with Crippen LogP contribution in [0.2, 0.25) is 0 Å². The molecule has 1 aromatic carbocycles. The summed E-state index contributed by atoms with van der Waals surface area (Å²) in [6, 6.07) is 6.71. The van der Waals surface area contributed by atoms with E-state index in [9.17, 15) is 8.42 Å². The number of guanidine groups is 1. The van der Waals surface area contributed by atoms with Crippen molar-refractivity contribution in [1.82, 2.24) is 14.9 Å². The van der Waals surface area contributed by atoms with Crippen LogP contribution in [0.3, 0.4) is 0 Å². The van der Waals surface area contributed by atoms with Crippen LogP contribution in [0.15, 0.2) is 34.2 Å². The summed E-state index contributed by atoms with van der Waals surface area (Å²) in [5.41, 5.74) is 0.754. The van der Waals surface area contributed by atoms with Crippen molar-refractivity contribution in [1.29, 1.82) is 0 Å². The van der Waals surface area contributed by atoms with E-state index in [1.165, 1.54) is 0 Å². The van der Waals surface area contributed by atoms with Gasteiger partial charge < -0.3 is 5.32 Å². The van der Waals surface area contributed by atoms with Gasteiger partial charge in [0.15, 0.2) is 5.11 Å². The number of hydrogen-bond acceptors (Lipinski definition) is 4. The highest BCUT2D eigenvalue weighted by atomic mass is 32.2. The van der Waals surface area contributed by atoms with Gasteiger partial charge in [-0.05, 0) is 58.5 Å². The molecule has 1 aromatic rings. The Labute approximate surface area is 175 Å². The summed E-state index contributed by atoms with van der Waals surface area (Å²) in [5, 5.41) is 3.59. The van der Waals surface area contributed by atoms with Crippen LogP contribution in [0.1, 0.15) is 58.9 Å². The Morgan fingerprint density at radius 1 is 1.14 bits per heavy atom. The number of rotatable bonds is 7. The van der Waals surface area contributed by atoms with E-state index in [0.717, 1.165) is 31.2 Å². The van der Waals surface area contributed by atoms with E-state index in [1.807, 2.05) is 27.7 Å². The molecule has 0 aliphatic rings. The van der Waals surface area contributed by atoms with Crippen molar-refractivity contribution >= 4 is 33.3 Å². The van der Waals surface area contributed by atoms with E-state index >= 15 is 0 Å². The summed E-state index contributed by atoms with van der Waals surface area (Å²) in [4.78, 5) is 6.27. The van der Waals surface area contributed by atoms with Gasteiger partial charge in [-0.2, -0.15) is 0 Å². The third-order valence-corrected chi connectivity index (χ3v) is 5.65. The van der Waals surface area contributed by atoms with Crippen molar-refractivity contribution in [3.63, 3.8) is 0 Å². The second-order valence-corrected chi connectivity index (χ2v) is 9.99. The predicted octanol–water partition coefficient (Wildman–Crippen LogP) is 3.81. The van der Waals surface area contributed by atoms with Crippen LogP contribution in [-0.2, 0) is 10.0 Å². The maximum absolute atomic E-state index is 12.8. The number of thiocarbonyl (C=S) groups is 1. The molecule has 0 saturated carbocycles. The summed E-state index contributed by atoms with van der Waals surface area (Å²) in [7, 11) is -2.04. The number of benzene rings is 1. The van der Waals surface area contributed by atoms with Crippen molar-refractivity contribution in [2.24, 2.45) is 4.99 Å². The zero-order chi connectivity index (χ0) is 21.4. The van der Waals surface area contributed by atoms with Crippen LogP contribution in [0.5, 0.6) is 0 Å². The van der Waals surface area contributed by atoms with Crippen LogP contribution < -0.4 is 10.0 Å². The maximum atomic E-state index is 12.8. The Bertz CT molecular complexity index is 766.